The molecule has 4 rings (SSSR count). The molecule has 6 nitrogen and oxygen atoms in total. The van der Waals surface area contributed by atoms with Gasteiger partial charge in [-0.3, -0.25) is 19.3 Å². The van der Waals surface area contributed by atoms with E-state index in [1.54, 1.807) is 6.07 Å². The zero-order valence-electron chi connectivity index (χ0n) is 18.6. The summed E-state index contributed by atoms with van der Waals surface area (Å²) in [5, 5.41) is 2.07. The lowest BCUT2D eigenvalue weighted by molar-refractivity contribution is -0.137. The van der Waals surface area contributed by atoms with Gasteiger partial charge in [0.05, 0.1) is 10.5 Å². The number of furan rings is 1. The number of nitrogens with zero attached hydrogens (tertiary/aromatic N) is 1. The van der Waals surface area contributed by atoms with Crippen molar-refractivity contribution in [3.63, 3.8) is 0 Å². The number of thioether (sulfide) groups is 1. The lowest BCUT2D eigenvalue weighted by Crippen LogP contribution is -2.36. The van der Waals surface area contributed by atoms with Crippen molar-refractivity contribution < 1.29 is 32.0 Å². The minimum atomic E-state index is -4.57. The second kappa shape index (κ2) is 9.46. The van der Waals surface area contributed by atoms with Gasteiger partial charge in [-0.25, -0.2) is 0 Å². The smallest absolute Gasteiger partial charge is 0.417 e. The van der Waals surface area contributed by atoms with Gasteiger partial charge in [-0.15, -0.1) is 0 Å². The molecule has 35 heavy (non-hydrogen) atoms. The average molecular weight is 500 g/mol. The monoisotopic (exact) mass is 500 g/mol. The van der Waals surface area contributed by atoms with Crippen LogP contribution in [-0.2, 0) is 15.8 Å². The highest BCUT2D eigenvalue weighted by Gasteiger charge is 2.37. The van der Waals surface area contributed by atoms with Crippen LogP contribution in [0.2, 0.25) is 0 Å². The maximum absolute atomic E-state index is 13.3. The first kappa shape index (κ1) is 24.3. The molecule has 1 aromatic heterocycles. The van der Waals surface area contributed by atoms with E-state index in [-0.39, 0.29) is 22.0 Å². The largest absolute Gasteiger partial charge is 0.457 e. The molecule has 180 valence electrons. The van der Waals surface area contributed by atoms with Crippen LogP contribution >= 0.6 is 11.8 Å². The Morgan fingerprint density at radius 1 is 1.09 bits per heavy atom. The molecule has 0 saturated carbocycles. The fraction of sp³-hybridized carbons (Fsp3) is 0.160. The van der Waals surface area contributed by atoms with E-state index < -0.39 is 35.3 Å². The van der Waals surface area contributed by atoms with Crippen LogP contribution in [-0.4, -0.2) is 28.5 Å². The summed E-state index contributed by atoms with van der Waals surface area (Å²) in [7, 11) is 0. The molecule has 3 amide bonds. The van der Waals surface area contributed by atoms with Gasteiger partial charge in [0.1, 0.15) is 18.1 Å². The molecular formula is C25H19F3N2O4S. The third-order valence-electron chi connectivity index (χ3n) is 5.24. The maximum atomic E-state index is 13.3. The highest BCUT2D eigenvalue weighted by molar-refractivity contribution is 8.18. The van der Waals surface area contributed by atoms with Crippen molar-refractivity contribution in [1.82, 2.24) is 4.90 Å². The first-order valence-corrected chi connectivity index (χ1v) is 11.2. The number of halogens is 3. The fourth-order valence-corrected chi connectivity index (χ4v) is 4.31. The highest BCUT2D eigenvalue weighted by atomic mass is 32.2. The normalized spacial score (nSPS) is 15.2. The quantitative estimate of drug-likeness (QED) is 0.419. The predicted molar refractivity (Wildman–Crippen MR) is 126 cm³/mol. The Morgan fingerprint density at radius 2 is 1.83 bits per heavy atom. The molecular weight excluding hydrogens is 481 g/mol. The number of anilines is 1. The number of imide groups is 1. The Hall–Kier alpha value is -3.79. The highest BCUT2D eigenvalue weighted by Crippen LogP contribution is 2.38. The van der Waals surface area contributed by atoms with Crippen LogP contribution in [0.1, 0.15) is 22.5 Å². The lowest BCUT2D eigenvalue weighted by atomic mass is 10.1. The molecule has 1 aliphatic rings. The predicted octanol–water partition coefficient (Wildman–Crippen LogP) is 6.26. The Bertz CT molecular complexity index is 1360. The van der Waals surface area contributed by atoms with E-state index in [4.69, 9.17) is 4.42 Å². The van der Waals surface area contributed by atoms with Crippen molar-refractivity contribution in [2.45, 2.75) is 20.0 Å². The van der Waals surface area contributed by atoms with Crippen LogP contribution in [0.5, 0.6) is 0 Å². The van der Waals surface area contributed by atoms with Gasteiger partial charge in [0, 0.05) is 17.3 Å². The number of amides is 3. The minimum Gasteiger partial charge on any atom is -0.457 e. The summed E-state index contributed by atoms with van der Waals surface area (Å²) in [5.41, 5.74) is 1.36. The third-order valence-corrected chi connectivity index (χ3v) is 6.15. The van der Waals surface area contributed by atoms with Crippen molar-refractivity contribution in [3.8, 4) is 11.3 Å². The Morgan fingerprint density at radius 3 is 2.57 bits per heavy atom. The summed E-state index contributed by atoms with van der Waals surface area (Å²) < 4.78 is 45.5. The summed E-state index contributed by atoms with van der Waals surface area (Å²) in [6.45, 7) is 3.22. The molecule has 10 heteroatoms. The van der Waals surface area contributed by atoms with Gasteiger partial charge in [-0.1, -0.05) is 30.3 Å². The van der Waals surface area contributed by atoms with E-state index in [1.807, 2.05) is 26.0 Å². The second-order valence-corrected chi connectivity index (χ2v) is 8.87. The molecule has 0 radical (unpaired) electrons. The lowest BCUT2D eigenvalue weighted by Gasteiger charge is -2.14. The number of hydrogen-bond donors (Lipinski definition) is 1. The van der Waals surface area contributed by atoms with Crippen LogP contribution in [0.15, 0.2) is 63.9 Å². The number of hydrogen-bond acceptors (Lipinski definition) is 5. The first-order valence-electron chi connectivity index (χ1n) is 10.4. The Balaban J connectivity index is 1.50. The van der Waals surface area contributed by atoms with Crippen LogP contribution in [0.3, 0.4) is 0 Å². The van der Waals surface area contributed by atoms with Crippen molar-refractivity contribution in [2.75, 3.05) is 11.9 Å². The molecule has 2 heterocycles. The molecule has 1 fully saturated rings. The zero-order valence-corrected chi connectivity index (χ0v) is 19.4. The molecule has 0 unspecified atom stereocenters. The van der Waals surface area contributed by atoms with Crippen molar-refractivity contribution in [1.29, 1.82) is 0 Å². The standard InChI is InChI=1S/C25H19F3N2O4S/c1-14-7-8-15(2)19(11-14)29-22(31)13-30-23(32)21(35-24(30)33)12-16-9-10-20(34-16)17-5-3-4-6-18(17)25(26,27)28/h3-12H,13H2,1-2H3,(H,29,31)/b21-12+. The number of carbonyl (C=O) groups is 3. The van der Waals surface area contributed by atoms with Gasteiger partial charge in [-0.05, 0) is 61.0 Å². The molecule has 1 N–H and O–H groups in total. The van der Waals surface area contributed by atoms with E-state index >= 15 is 0 Å². The SMILES string of the molecule is Cc1ccc(C)c(NC(=O)CN2C(=O)S/C(=C/c3ccc(-c4ccccc4C(F)(F)F)o3)C2=O)c1. The van der Waals surface area contributed by atoms with E-state index in [2.05, 4.69) is 5.32 Å². The van der Waals surface area contributed by atoms with Crippen LogP contribution < -0.4 is 5.32 Å². The summed E-state index contributed by atoms with van der Waals surface area (Å²) >= 11 is 0.622. The summed E-state index contributed by atoms with van der Waals surface area (Å²) in [5.74, 6) is -1.16. The minimum absolute atomic E-state index is 0.000423. The molecule has 0 bridgehead atoms. The van der Waals surface area contributed by atoms with Gasteiger partial charge >= 0.3 is 6.18 Å². The molecule has 0 aliphatic carbocycles. The molecule has 0 spiro atoms. The van der Waals surface area contributed by atoms with Crippen molar-refractivity contribution in [3.05, 3.63) is 82.0 Å². The summed E-state index contributed by atoms with van der Waals surface area (Å²) in [4.78, 5) is 38.4. The van der Waals surface area contributed by atoms with Gasteiger partial charge in [0.2, 0.25) is 5.91 Å². The van der Waals surface area contributed by atoms with Gasteiger partial charge < -0.3 is 9.73 Å². The van der Waals surface area contributed by atoms with Gasteiger partial charge in [-0.2, -0.15) is 13.2 Å². The van der Waals surface area contributed by atoms with E-state index in [0.29, 0.717) is 17.4 Å². The molecule has 2 aromatic carbocycles. The van der Waals surface area contributed by atoms with E-state index in [1.165, 1.54) is 36.4 Å². The van der Waals surface area contributed by atoms with Gasteiger partial charge in [0.25, 0.3) is 11.1 Å². The number of carbonyl (C=O) groups excluding carboxylic acids is 3. The van der Waals surface area contributed by atoms with Crippen molar-refractivity contribution in [2.24, 2.45) is 0 Å². The van der Waals surface area contributed by atoms with E-state index in [9.17, 15) is 27.6 Å². The third kappa shape index (κ3) is 5.32. The van der Waals surface area contributed by atoms with Crippen molar-refractivity contribution >= 4 is 40.6 Å². The average Bonchev–Trinajstić information content (AvgIpc) is 3.36. The topological polar surface area (TPSA) is 79.6 Å². The maximum Gasteiger partial charge on any atom is 0.417 e. The van der Waals surface area contributed by atoms with Crippen LogP contribution in [0.25, 0.3) is 17.4 Å². The molecule has 3 aromatic rings. The fourth-order valence-electron chi connectivity index (χ4n) is 3.49. The van der Waals surface area contributed by atoms with Crippen LogP contribution in [0.4, 0.5) is 23.7 Å². The van der Waals surface area contributed by atoms with Crippen LogP contribution in [0, 0.1) is 13.8 Å². The van der Waals surface area contributed by atoms with Gasteiger partial charge in [0.15, 0.2) is 0 Å². The summed E-state index contributed by atoms with van der Waals surface area (Å²) in [6.07, 6.45) is -3.29. The number of nitrogens with one attached hydrogen (secondary N) is 1. The molecule has 0 atom stereocenters. The zero-order chi connectivity index (χ0) is 25.3. The number of aryl methyl sites for hydroxylation is 2. The molecule has 1 saturated heterocycles. The van der Waals surface area contributed by atoms with E-state index in [0.717, 1.165) is 22.1 Å². The summed E-state index contributed by atoms with van der Waals surface area (Å²) in [6, 6.07) is 13.3. The number of rotatable bonds is 5. The Kier molecular flexibility index (Phi) is 6.58. The number of alkyl halides is 3. The Labute approximate surface area is 202 Å². The second-order valence-electron chi connectivity index (χ2n) is 7.88. The first-order chi connectivity index (χ1) is 16.5. The molecule has 1 aliphatic heterocycles. The number of benzene rings is 2.